The molecular formula is C27H25NO7. The summed E-state index contributed by atoms with van der Waals surface area (Å²) in [5, 5.41) is 0. The summed E-state index contributed by atoms with van der Waals surface area (Å²) in [4.78, 5) is 39.5. The van der Waals surface area contributed by atoms with E-state index >= 15 is 0 Å². The first-order valence-corrected chi connectivity index (χ1v) is 11.3. The zero-order chi connectivity index (χ0) is 24.6. The van der Waals surface area contributed by atoms with Crippen molar-refractivity contribution in [3.05, 3.63) is 77.9 Å². The minimum atomic E-state index is -0.795. The van der Waals surface area contributed by atoms with Gasteiger partial charge < -0.3 is 23.8 Å². The van der Waals surface area contributed by atoms with E-state index in [2.05, 4.69) is 0 Å². The summed E-state index contributed by atoms with van der Waals surface area (Å²) in [7, 11) is 2.91. The molecule has 2 aromatic carbocycles. The van der Waals surface area contributed by atoms with Gasteiger partial charge in [0.15, 0.2) is 0 Å². The van der Waals surface area contributed by atoms with Crippen LogP contribution in [0.1, 0.15) is 11.1 Å². The second-order valence-electron chi connectivity index (χ2n) is 8.79. The quantitative estimate of drug-likeness (QED) is 0.263. The van der Waals surface area contributed by atoms with Crippen molar-refractivity contribution >= 4 is 23.9 Å². The molecule has 4 atom stereocenters. The van der Waals surface area contributed by atoms with Crippen LogP contribution in [-0.2, 0) is 30.4 Å². The van der Waals surface area contributed by atoms with E-state index in [-0.39, 0.29) is 5.91 Å². The standard InChI is InChI=1S/C27H25NO7/c1-32-19-9-6-17(7-10-19)8-11-22(29)34-20-5-3-4-18(14-20)15-28-16-27-13-12-21(35-27)23(26(31)33-2)24(27)25(28)30/h3-14,21,23-24H,15-16H2,1-2H3/b11-8+/t21-,23-,24+,27+/m1/s1. The van der Waals surface area contributed by atoms with Gasteiger partial charge in [-0.1, -0.05) is 36.4 Å². The Morgan fingerprint density at radius 3 is 2.69 bits per heavy atom. The molecule has 0 N–H and O–H groups in total. The fourth-order valence-corrected chi connectivity index (χ4v) is 5.07. The molecule has 2 bridgehead atoms. The molecule has 0 aromatic heterocycles. The Labute approximate surface area is 202 Å². The monoisotopic (exact) mass is 475 g/mol. The second-order valence-corrected chi connectivity index (χ2v) is 8.79. The molecule has 0 saturated carbocycles. The average molecular weight is 475 g/mol. The third kappa shape index (κ3) is 4.21. The molecule has 5 rings (SSSR count). The van der Waals surface area contributed by atoms with Crippen molar-refractivity contribution < 1.29 is 33.3 Å². The number of ether oxygens (including phenoxy) is 4. The van der Waals surface area contributed by atoms with Crippen LogP contribution in [0.5, 0.6) is 11.5 Å². The first kappa shape index (κ1) is 22.9. The van der Waals surface area contributed by atoms with Gasteiger partial charge >= 0.3 is 11.9 Å². The smallest absolute Gasteiger partial charge is 0.336 e. The maximum Gasteiger partial charge on any atom is 0.336 e. The molecule has 0 aliphatic carbocycles. The van der Waals surface area contributed by atoms with Crippen LogP contribution < -0.4 is 9.47 Å². The number of likely N-dealkylation sites (tertiary alicyclic amines) is 1. The largest absolute Gasteiger partial charge is 0.497 e. The van der Waals surface area contributed by atoms with E-state index in [0.717, 1.165) is 16.9 Å². The zero-order valence-electron chi connectivity index (χ0n) is 19.4. The molecule has 3 aliphatic rings. The van der Waals surface area contributed by atoms with Gasteiger partial charge in [0.2, 0.25) is 5.91 Å². The third-order valence-electron chi connectivity index (χ3n) is 6.67. The highest BCUT2D eigenvalue weighted by atomic mass is 16.5. The lowest BCUT2D eigenvalue weighted by Gasteiger charge is -2.22. The lowest BCUT2D eigenvalue weighted by molar-refractivity contribution is -0.151. The molecule has 0 radical (unpaired) electrons. The van der Waals surface area contributed by atoms with Crippen LogP contribution in [0.4, 0.5) is 0 Å². The molecule has 2 aromatic rings. The van der Waals surface area contributed by atoms with Gasteiger partial charge in [-0.05, 0) is 41.5 Å². The number of benzene rings is 2. The van der Waals surface area contributed by atoms with Gasteiger partial charge in [0.05, 0.1) is 32.8 Å². The van der Waals surface area contributed by atoms with Crippen LogP contribution in [0.3, 0.4) is 0 Å². The first-order valence-electron chi connectivity index (χ1n) is 11.3. The Balaban J connectivity index is 1.24. The van der Waals surface area contributed by atoms with E-state index in [4.69, 9.17) is 18.9 Å². The summed E-state index contributed by atoms with van der Waals surface area (Å²) in [5.74, 6) is -1.20. The number of carbonyl (C=O) groups excluding carboxylic acids is 3. The fraction of sp³-hybridized carbons (Fsp3) is 0.296. The van der Waals surface area contributed by atoms with Crippen LogP contribution >= 0.6 is 0 Å². The number of methoxy groups -OCH3 is 2. The number of carbonyl (C=O) groups is 3. The van der Waals surface area contributed by atoms with E-state index < -0.39 is 35.5 Å². The molecular weight excluding hydrogens is 450 g/mol. The van der Waals surface area contributed by atoms with Crippen molar-refractivity contribution in [2.24, 2.45) is 11.8 Å². The summed E-state index contributed by atoms with van der Waals surface area (Å²) in [5.41, 5.74) is 0.841. The average Bonchev–Trinajstić information content (AvgIpc) is 3.51. The molecule has 8 nitrogen and oxygen atoms in total. The number of hydrogen-bond acceptors (Lipinski definition) is 7. The Morgan fingerprint density at radius 2 is 1.94 bits per heavy atom. The predicted octanol–water partition coefficient (Wildman–Crippen LogP) is 2.77. The van der Waals surface area contributed by atoms with Crippen LogP contribution in [0.15, 0.2) is 66.8 Å². The maximum absolute atomic E-state index is 13.2. The molecule has 3 heterocycles. The van der Waals surface area contributed by atoms with Gasteiger partial charge in [0.25, 0.3) is 0 Å². The number of esters is 2. The number of fused-ring (bicyclic) bond motifs is 1. The van der Waals surface area contributed by atoms with E-state index in [9.17, 15) is 14.4 Å². The fourth-order valence-electron chi connectivity index (χ4n) is 5.07. The molecule has 1 amide bonds. The maximum atomic E-state index is 13.2. The topological polar surface area (TPSA) is 91.4 Å². The molecule has 1 spiro atoms. The molecule has 35 heavy (non-hydrogen) atoms. The second kappa shape index (κ2) is 9.03. The number of nitrogens with zero attached hydrogens (tertiary/aromatic N) is 1. The Kier molecular flexibility index (Phi) is 5.90. The van der Waals surface area contributed by atoms with E-state index in [0.29, 0.717) is 18.8 Å². The summed E-state index contributed by atoms with van der Waals surface area (Å²) in [6.07, 6.45) is 6.33. The first-order chi connectivity index (χ1) is 16.9. The summed E-state index contributed by atoms with van der Waals surface area (Å²) >= 11 is 0. The van der Waals surface area contributed by atoms with E-state index in [1.165, 1.54) is 13.2 Å². The van der Waals surface area contributed by atoms with Crippen LogP contribution in [-0.4, -0.2) is 55.2 Å². The van der Waals surface area contributed by atoms with Crippen molar-refractivity contribution in [3.63, 3.8) is 0 Å². The molecule has 0 unspecified atom stereocenters. The Bertz CT molecular complexity index is 1220. The number of rotatable bonds is 7. The van der Waals surface area contributed by atoms with Gasteiger partial charge in [-0.3, -0.25) is 9.59 Å². The van der Waals surface area contributed by atoms with Gasteiger partial charge in [-0.2, -0.15) is 0 Å². The van der Waals surface area contributed by atoms with Crippen molar-refractivity contribution in [3.8, 4) is 11.5 Å². The van der Waals surface area contributed by atoms with Crippen LogP contribution in [0.2, 0.25) is 0 Å². The van der Waals surface area contributed by atoms with Crippen molar-refractivity contribution in [2.45, 2.75) is 18.2 Å². The molecule has 3 aliphatic heterocycles. The Hall–Kier alpha value is -3.91. The minimum Gasteiger partial charge on any atom is -0.497 e. The van der Waals surface area contributed by atoms with E-state index in [1.807, 2.05) is 42.5 Å². The molecule has 8 heteroatoms. The van der Waals surface area contributed by atoms with Crippen molar-refractivity contribution in [2.75, 3.05) is 20.8 Å². The van der Waals surface area contributed by atoms with Crippen LogP contribution in [0.25, 0.3) is 6.08 Å². The summed E-state index contributed by atoms with van der Waals surface area (Å²) in [6.45, 7) is 0.658. The predicted molar refractivity (Wildman–Crippen MR) is 125 cm³/mol. The summed E-state index contributed by atoms with van der Waals surface area (Å²) in [6, 6.07) is 14.3. The number of hydrogen-bond donors (Lipinski definition) is 0. The van der Waals surface area contributed by atoms with Crippen molar-refractivity contribution in [1.29, 1.82) is 0 Å². The zero-order valence-corrected chi connectivity index (χ0v) is 19.4. The molecule has 2 saturated heterocycles. The minimum absolute atomic E-state index is 0.142. The highest BCUT2D eigenvalue weighted by Crippen LogP contribution is 2.52. The van der Waals surface area contributed by atoms with Gasteiger partial charge in [-0.25, -0.2) is 4.79 Å². The molecule has 180 valence electrons. The van der Waals surface area contributed by atoms with Gasteiger partial charge in [0, 0.05) is 12.6 Å². The lowest BCUT2D eigenvalue weighted by Crippen LogP contribution is -2.39. The van der Waals surface area contributed by atoms with Gasteiger partial charge in [-0.15, -0.1) is 0 Å². The number of amides is 1. The van der Waals surface area contributed by atoms with E-state index in [1.54, 1.807) is 36.3 Å². The molecule has 2 fully saturated rings. The summed E-state index contributed by atoms with van der Waals surface area (Å²) < 4.78 is 21.5. The van der Waals surface area contributed by atoms with Crippen LogP contribution in [0, 0.1) is 11.8 Å². The highest BCUT2D eigenvalue weighted by Gasteiger charge is 2.67. The normalized spacial score (nSPS) is 26.3. The lowest BCUT2D eigenvalue weighted by atomic mass is 9.77. The highest BCUT2D eigenvalue weighted by molar-refractivity contribution is 5.91. The third-order valence-corrected chi connectivity index (χ3v) is 6.67. The van der Waals surface area contributed by atoms with Crippen molar-refractivity contribution in [1.82, 2.24) is 4.90 Å². The Morgan fingerprint density at radius 1 is 1.14 bits per heavy atom. The van der Waals surface area contributed by atoms with Gasteiger partial charge in [0.1, 0.15) is 23.0 Å². The SMILES string of the molecule is COC(=O)[C@H]1[C@H]2C(=O)N(Cc3cccc(OC(=O)/C=C/c4ccc(OC)cc4)c3)C[C@@]23C=C[C@H]1O3.